The Morgan fingerprint density at radius 2 is 1.93 bits per heavy atom. The number of amides is 1. The maximum Gasteiger partial charge on any atom is 0.248 e. The molecule has 0 aliphatic heterocycles. The van der Waals surface area contributed by atoms with E-state index in [2.05, 4.69) is 11.1 Å². The summed E-state index contributed by atoms with van der Waals surface area (Å²) in [6.45, 7) is 3.12. The van der Waals surface area contributed by atoms with Crippen LogP contribution in [0.4, 0.5) is 0 Å². The van der Waals surface area contributed by atoms with Crippen LogP contribution in [0.15, 0.2) is 58.4 Å². The highest BCUT2D eigenvalue weighted by molar-refractivity contribution is 7.91. The van der Waals surface area contributed by atoms with Crippen molar-refractivity contribution in [3.05, 3.63) is 58.9 Å². The fourth-order valence-electron chi connectivity index (χ4n) is 2.99. The predicted octanol–water partition coefficient (Wildman–Crippen LogP) is 3.34. The van der Waals surface area contributed by atoms with E-state index in [4.69, 9.17) is 4.74 Å². The van der Waals surface area contributed by atoms with E-state index < -0.39 is 9.84 Å². The summed E-state index contributed by atoms with van der Waals surface area (Å²) in [6, 6.07) is 14.4. The number of ether oxygens (including phenoxy) is 1. The molecule has 3 aromatic rings. The van der Waals surface area contributed by atoms with E-state index in [0.717, 1.165) is 15.8 Å². The summed E-state index contributed by atoms with van der Waals surface area (Å²) in [4.78, 5) is 17.6. The molecule has 3 rings (SSSR count). The fourth-order valence-corrected chi connectivity index (χ4v) is 5.49. The zero-order valence-corrected chi connectivity index (χ0v) is 18.1. The molecule has 2 aromatic carbocycles. The molecule has 0 spiro atoms. The molecule has 0 fully saturated rings. The van der Waals surface area contributed by atoms with E-state index in [1.54, 1.807) is 37.4 Å². The molecule has 1 aromatic heterocycles. The summed E-state index contributed by atoms with van der Waals surface area (Å²) < 4.78 is 32.9. The first-order chi connectivity index (χ1) is 13.9. The quantitative estimate of drug-likeness (QED) is 0.547. The average Bonchev–Trinajstić information content (AvgIpc) is 3.02. The van der Waals surface area contributed by atoms with Crippen molar-refractivity contribution < 1.29 is 17.9 Å². The van der Waals surface area contributed by atoms with Gasteiger partial charge in [0.15, 0.2) is 14.6 Å². The van der Waals surface area contributed by atoms with Crippen LogP contribution in [0.1, 0.15) is 18.4 Å². The Labute approximate surface area is 174 Å². The molecule has 0 radical (unpaired) electrons. The van der Waals surface area contributed by atoms with Gasteiger partial charge in [-0.25, -0.2) is 8.42 Å². The number of carbonyl (C=O) groups is 1. The van der Waals surface area contributed by atoms with Crippen LogP contribution in [0, 0.1) is 6.92 Å². The highest BCUT2D eigenvalue weighted by Crippen LogP contribution is 2.19. The highest BCUT2D eigenvalue weighted by atomic mass is 32.2. The molecule has 0 saturated carbocycles. The van der Waals surface area contributed by atoms with Gasteiger partial charge in [-0.15, -0.1) is 0 Å². The lowest BCUT2D eigenvalue weighted by molar-refractivity contribution is -0.118. The molecule has 6 nitrogen and oxygen atoms in total. The van der Waals surface area contributed by atoms with Crippen molar-refractivity contribution >= 4 is 37.3 Å². The minimum Gasteiger partial charge on any atom is -0.383 e. The second-order valence-corrected chi connectivity index (χ2v) is 9.86. The van der Waals surface area contributed by atoms with Gasteiger partial charge in [0.2, 0.25) is 5.91 Å². The Balaban J connectivity index is 1.75. The molecule has 0 bridgehead atoms. The third kappa shape index (κ3) is 5.41. The summed E-state index contributed by atoms with van der Waals surface area (Å²) in [5.74, 6) is -0.393. The summed E-state index contributed by atoms with van der Waals surface area (Å²) in [7, 11) is -1.75. The van der Waals surface area contributed by atoms with Gasteiger partial charge in [0.1, 0.15) is 0 Å². The smallest absolute Gasteiger partial charge is 0.248 e. The van der Waals surface area contributed by atoms with Crippen LogP contribution in [0.25, 0.3) is 10.2 Å². The van der Waals surface area contributed by atoms with Crippen LogP contribution in [0.3, 0.4) is 0 Å². The van der Waals surface area contributed by atoms with Crippen LogP contribution in [0.5, 0.6) is 0 Å². The minimum atomic E-state index is -3.39. The van der Waals surface area contributed by atoms with Gasteiger partial charge in [-0.2, -0.15) is 4.99 Å². The molecule has 0 N–H and O–H groups in total. The van der Waals surface area contributed by atoms with Gasteiger partial charge in [-0.05, 0) is 43.2 Å². The van der Waals surface area contributed by atoms with E-state index in [9.17, 15) is 13.2 Å². The van der Waals surface area contributed by atoms with Crippen LogP contribution in [0.2, 0.25) is 0 Å². The molecule has 154 valence electrons. The number of nitrogens with zero attached hydrogens (tertiary/aromatic N) is 2. The molecule has 0 unspecified atom stereocenters. The van der Waals surface area contributed by atoms with Gasteiger partial charge in [0.05, 0.1) is 27.5 Å². The second-order valence-electron chi connectivity index (χ2n) is 6.74. The van der Waals surface area contributed by atoms with Gasteiger partial charge in [0, 0.05) is 20.1 Å². The number of hydrogen-bond donors (Lipinski definition) is 0. The molecule has 1 amide bonds. The van der Waals surface area contributed by atoms with Crippen LogP contribution in [-0.4, -0.2) is 38.4 Å². The van der Waals surface area contributed by atoms with E-state index in [-0.39, 0.29) is 29.4 Å². The van der Waals surface area contributed by atoms with E-state index in [1.165, 1.54) is 11.3 Å². The number of methoxy groups -OCH3 is 1. The Morgan fingerprint density at radius 3 is 2.66 bits per heavy atom. The number of hydrogen-bond acceptors (Lipinski definition) is 5. The van der Waals surface area contributed by atoms with E-state index in [1.807, 2.05) is 23.6 Å². The number of thiazole rings is 1. The van der Waals surface area contributed by atoms with Crippen molar-refractivity contribution in [2.75, 3.05) is 19.5 Å². The first-order valence-electron chi connectivity index (χ1n) is 9.35. The molecule has 8 heteroatoms. The van der Waals surface area contributed by atoms with Crippen LogP contribution >= 0.6 is 11.3 Å². The summed E-state index contributed by atoms with van der Waals surface area (Å²) in [5.41, 5.74) is 2.15. The Hall–Kier alpha value is -2.29. The molecular formula is C21H24N2O4S2. The van der Waals surface area contributed by atoms with Crippen molar-refractivity contribution in [3.63, 3.8) is 0 Å². The lowest BCUT2D eigenvalue weighted by atomic mass is 10.2. The Bertz CT molecular complexity index is 1160. The number of rotatable bonds is 8. The van der Waals surface area contributed by atoms with Gasteiger partial charge in [-0.3, -0.25) is 4.79 Å². The number of aryl methyl sites for hydroxylation is 1. The predicted molar refractivity (Wildman–Crippen MR) is 115 cm³/mol. The standard InChI is InChI=1S/C21H24N2O4S2/c1-16-10-11-18-19(15-16)28-21(23(18)12-13-27-2)22-20(24)9-6-14-29(25,26)17-7-4-3-5-8-17/h3-5,7-8,10-11,15H,6,9,12-14H2,1-2H3. The normalized spacial score (nSPS) is 12.6. The van der Waals surface area contributed by atoms with Gasteiger partial charge < -0.3 is 9.30 Å². The second kappa shape index (κ2) is 9.47. The molecule has 0 aliphatic rings. The molecular weight excluding hydrogens is 408 g/mol. The van der Waals surface area contributed by atoms with Crippen molar-refractivity contribution in [1.29, 1.82) is 0 Å². The first kappa shape index (κ1) is 21.4. The van der Waals surface area contributed by atoms with Crippen molar-refractivity contribution in [2.24, 2.45) is 4.99 Å². The zero-order valence-electron chi connectivity index (χ0n) is 16.5. The maximum absolute atomic E-state index is 12.4. The number of aromatic nitrogens is 1. The Morgan fingerprint density at radius 1 is 1.17 bits per heavy atom. The summed E-state index contributed by atoms with van der Waals surface area (Å²) in [5, 5.41) is 0. The first-order valence-corrected chi connectivity index (χ1v) is 11.8. The number of benzene rings is 2. The third-order valence-corrected chi connectivity index (χ3v) is 7.34. The lowest BCUT2D eigenvalue weighted by Gasteiger charge is -2.05. The monoisotopic (exact) mass is 432 g/mol. The van der Waals surface area contributed by atoms with Gasteiger partial charge >= 0.3 is 0 Å². The molecule has 29 heavy (non-hydrogen) atoms. The fraction of sp³-hybridized carbons (Fsp3) is 0.333. The SMILES string of the molecule is COCCn1c(=NC(=O)CCCS(=O)(=O)c2ccccc2)sc2cc(C)ccc21. The van der Waals surface area contributed by atoms with Gasteiger partial charge in [0.25, 0.3) is 0 Å². The molecule has 0 aliphatic carbocycles. The maximum atomic E-state index is 12.4. The topological polar surface area (TPSA) is 77.7 Å². The van der Waals surface area contributed by atoms with Crippen molar-refractivity contribution in [3.8, 4) is 0 Å². The van der Waals surface area contributed by atoms with E-state index in [0.29, 0.717) is 18.0 Å². The number of sulfone groups is 1. The molecule has 1 heterocycles. The van der Waals surface area contributed by atoms with Crippen molar-refractivity contribution in [1.82, 2.24) is 4.57 Å². The van der Waals surface area contributed by atoms with Crippen LogP contribution < -0.4 is 4.80 Å². The van der Waals surface area contributed by atoms with E-state index >= 15 is 0 Å². The summed E-state index contributed by atoms with van der Waals surface area (Å²) >= 11 is 1.45. The summed E-state index contributed by atoms with van der Waals surface area (Å²) in [6.07, 6.45) is 0.325. The number of carbonyl (C=O) groups excluding carboxylic acids is 1. The minimum absolute atomic E-state index is 0.0758. The lowest BCUT2D eigenvalue weighted by Crippen LogP contribution is -2.19. The van der Waals surface area contributed by atoms with Crippen molar-refractivity contribution in [2.45, 2.75) is 31.2 Å². The van der Waals surface area contributed by atoms with Gasteiger partial charge in [-0.1, -0.05) is 35.6 Å². The number of fused-ring (bicyclic) bond motifs is 1. The highest BCUT2D eigenvalue weighted by Gasteiger charge is 2.15. The Kier molecular flexibility index (Phi) is 7.00. The third-order valence-electron chi connectivity index (χ3n) is 4.48. The van der Waals surface area contributed by atoms with Crippen LogP contribution in [-0.2, 0) is 25.9 Å². The zero-order chi connectivity index (χ0) is 20.9. The molecule has 0 atom stereocenters. The molecule has 0 saturated heterocycles. The largest absolute Gasteiger partial charge is 0.383 e. The average molecular weight is 433 g/mol.